The summed E-state index contributed by atoms with van der Waals surface area (Å²) >= 11 is 0. The molecule has 0 spiro atoms. The van der Waals surface area contributed by atoms with Crippen molar-refractivity contribution in [2.24, 2.45) is 58.2 Å². The van der Waals surface area contributed by atoms with Gasteiger partial charge in [-0.05, 0) is 90.8 Å². The molecule has 0 radical (unpaired) electrons. The van der Waals surface area contributed by atoms with E-state index in [2.05, 4.69) is 34.6 Å². The Bertz CT molecular complexity index is 652. The molecule has 5 aliphatic rings. The van der Waals surface area contributed by atoms with E-state index in [0.29, 0.717) is 5.92 Å². The third-order valence-corrected chi connectivity index (χ3v) is 10.8. The average molecular weight is 403 g/mol. The van der Waals surface area contributed by atoms with Gasteiger partial charge in [0, 0.05) is 0 Å². The summed E-state index contributed by atoms with van der Waals surface area (Å²) in [4.78, 5) is 13.0. The number of hydrogen-bond acceptors (Lipinski definition) is 3. The highest BCUT2D eigenvalue weighted by molar-refractivity contribution is 5.73. The Morgan fingerprint density at radius 1 is 1.00 bits per heavy atom. The first-order valence-corrected chi connectivity index (χ1v) is 12.6. The maximum Gasteiger partial charge on any atom is 0.311 e. The van der Waals surface area contributed by atoms with Gasteiger partial charge in [0.25, 0.3) is 0 Å². The van der Waals surface area contributed by atoms with Gasteiger partial charge in [0.1, 0.15) is 0 Å². The molecule has 0 aliphatic heterocycles. The monoisotopic (exact) mass is 402 g/mol. The van der Waals surface area contributed by atoms with E-state index in [1.54, 1.807) is 0 Å². The topological polar surface area (TPSA) is 35.5 Å². The SMILES string of the molecule is CCC1CC(CC)C2C3CC(CC3C(=O)OCOC3C4(C)CCC(C4)C3(C)C)C12. The Labute approximate surface area is 177 Å². The van der Waals surface area contributed by atoms with Crippen LogP contribution in [0.25, 0.3) is 0 Å². The molecule has 3 nitrogen and oxygen atoms in total. The number of hydrogen-bond donors (Lipinski definition) is 0. The molecule has 0 saturated heterocycles. The molecule has 10 unspecified atom stereocenters. The number of carbonyl (C=O) groups is 1. The van der Waals surface area contributed by atoms with Crippen molar-refractivity contribution in [3.05, 3.63) is 0 Å². The van der Waals surface area contributed by atoms with Crippen molar-refractivity contribution in [1.82, 2.24) is 0 Å². The first-order chi connectivity index (χ1) is 13.8. The highest BCUT2D eigenvalue weighted by Gasteiger charge is 2.62. The Morgan fingerprint density at radius 2 is 1.72 bits per heavy atom. The van der Waals surface area contributed by atoms with Crippen LogP contribution in [-0.2, 0) is 14.3 Å². The summed E-state index contributed by atoms with van der Waals surface area (Å²) in [5.41, 5.74) is 0.472. The van der Waals surface area contributed by atoms with Gasteiger partial charge in [-0.25, -0.2) is 0 Å². The second-order valence-electron chi connectivity index (χ2n) is 12.3. The second kappa shape index (κ2) is 6.97. The Morgan fingerprint density at radius 3 is 2.38 bits per heavy atom. The van der Waals surface area contributed by atoms with E-state index in [1.807, 2.05) is 0 Å². The van der Waals surface area contributed by atoms with Crippen molar-refractivity contribution >= 4 is 5.97 Å². The normalized spacial score (nSPS) is 51.6. The van der Waals surface area contributed by atoms with Crippen LogP contribution in [0.1, 0.15) is 86.0 Å². The summed E-state index contributed by atoms with van der Waals surface area (Å²) < 4.78 is 12.1. The van der Waals surface area contributed by atoms with E-state index in [-0.39, 0.29) is 35.6 Å². The maximum absolute atomic E-state index is 13.0. The molecule has 0 aromatic carbocycles. The second-order valence-corrected chi connectivity index (χ2v) is 12.3. The predicted octanol–water partition coefficient (Wildman–Crippen LogP) is 6.06. The van der Waals surface area contributed by atoms with Crippen LogP contribution in [0, 0.1) is 58.2 Å². The summed E-state index contributed by atoms with van der Waals surface area (Å²) in [6.45, 7) is 11.9. The van der Waals surface area contributed by atoms with Crippen molar-refractivity contribution < 1.29 is 14.3 Å². The largest absolute Gasteiger partial charge is 0.438 e. The molecule has 0 N–H and O–H groups in total. The van der Waals surface area contributed by atoms with Gasteiger partial charge in [0.05, 0.1) is 12.0 Å². The molecule has 10 atom stereocenters. The number of fused-ring (bicyclic) bond motifs is 7. The fourth-order valence-corrected chi connectivity index (χ4v) is 9.60. The van der Waals surface area contributed by atoms with E-state index < -0.39 is 0 Å². The highest BCUT2D eigenvalue weighted by atomic mass is 16.7. The molecule has 3 heteroatoms. The van der Waals surface area contributed by atoms with Crippen molar-refractivity contribution in [2.45, 2.75) is 92.1 Å². The van der Waals surface area contributed by atoms with E-state index in [1.165, 1.54) is 44.9 Å². The molecule has 0 heterocycles. The van der Waals surface area contributed by atoms with Gasteiger partial charge in [0.2, 0.25) is 0 Å². The van der Waals surface area contributed by atoms with Crippen LogP contribution < -0.4 is 0 Å². The van der Waals surface area contributed by atoms with Crippen LogP contribution in [0.2, 0.25) is 0 Å². The third kappa shape index (κ3) is 2.88. The fourth-order valence-electron chi connectivity index (χ4n) is 9.60. The molecule has 5 fully saturated rings. The minimum absolute atomic E-state index is 0.0388. The number of rotatable bonds is 6. The van der Waals surface area contributed by atoms with Crippen molar-refractivity contribution in [3.8, 4) is 0 Å². The van der Waals surface area contributed by atoms with Gasteiger partial charge in [0.15, 0.2) is 6.79 Å². The lowest BCUT2D eigenvalue weighted by Crippen LogP contribution is -2.43. The van der Waals surface area contributed by atoms with E-state index >= 15 is 0 Å². The summed E-state index contributed by atoms with van der Waals surface area (Å²) in [5.74, 6) is 5.70. The molecule has 29 heavy (non-hydrogen) atoms. The van der Waals surface area contributed by atoms with E-state index in [0.717, 1.165) is 41.9 Å². The molecular formula is C26H42O3. The molecule has 0 amide bonds. The minimum Gasteiger partial charge on any atom is -0.438 e. The zero-order valence-electron chi connectivity index (χ0n) is 19.3. The molecule has 0 aromatic rings. The lowest BCUT2D eigenvalue weighted by atomic mass is 9.70. The smallest absolute Gasteiger partial charge is 0.311 e. The predicted molar refractivity (Wildman–Crippen MR) is 114 cm³/mol. The zero-order chi connectivity index (χ0) is 20.6. The highest BCUT2D eigenvalue weighted by Crippen LogP contribution is 2.66. The quantitative estimate of drug-likeness (QED) is 0.400. The summed E-state index contributed by atoms with van der Waals surface area (Å²) in [6.07, 6.45) is 10.4. The molecule has 0 aromatic heterocycles. The van der Waals surface area contributed by atoms with Gasteiger partial charge in [-0.3, -0.25) is 4.79 Å². The van der Waals surface area contributed by atoms with Crippen LogP contribution in [-0.4, -0.2) is 18.9 Å². The maximum atomic E-state index is 13.0. The molecule has 5 rings (SSSR count). The standard InChI is InChI=1S/C26H42O3/c1-6-15-10-16(7-2)22-19-11-17(21(15)22)12-20(19)23(27)28-14-29-24-25(3,4)18-8-9-26(24,5)13-18/h15-22,24H,6-14H2,1-5H3. The van der Waals surface area contributed by atoms with Crippen molar-refractivity contribution in [2.75, 3.05) is 6.79 Å². The van der Waals surface area contributed by atoms with Crippen LogP contribution in [0.4, 0.5) is 0 Å². The van der Waals surface area contributed by atoms with Crippen LogP contribution in [0.15, 0.2) is 0 Å². The number of ether oxygens (including phenoxy) is 2. The summed E-state index contributed by atoms with van der Waals surface area (Å²) in [7, 11) is 0. The molecule has 5 aliphatic carbocycles. The molecule has 4 bridgehead atoms. The Kier molecular flexibility index (Phi) is 4.89. The minimum atomic E-state index is 0.0388. The third-order valence-electron chi connectivity index (χ3n) is 10.8. The number of carbonyl (C=O) groups excluding carboxylic acids is 1. The van der Waals surface area contributed by atoms with Gasteiger partial charge < -0.3 is 9.47 Å². The van der Waals surface area contributed by atoms with Gasteiger partial charge in [-0.1, -0.05) is 47.5 Å². The van der Waals surface area contributed by atoms with Crippen molar-refractivity contribution in [1.29, 1.82) is 0 Å². The van der Waals surface area contributed by atoms with Crippen LogP contribution in [0.5, 0.6) is 0 Å². The van der Waals surface area contributed by atoms with Gasteiger partial charge >= 0.3 is 5.97 Å². The van der Waals surface area contributed by atoms with E-state index in [9.17, 15) is 4.79 Å². The van der Waals surface area contributed by atoms with Gasteiger partial charge in [-0.15, -0.1) is 0 Å². The lowest BCUT2D eigenvalue weighted by Gasteiger charge is -2.42. The summed E-state index contributed by atoms with van der Waals surface area (Å²) in [6, 6.07) is 0. The average Bonchev–Trinajstić information content (AvgIpc) is 3.45. The Balaban J connectivity index is 1.19. The van der Waals surface area contributed by atoms with Crippen LogP contribution in [0.3, 0.4) is 0 Å². The van der Waals surface area contributed by atoms with Gasteiger partial charge in [-0.2, -0.15) is 0 Å². The molecular weight excluding hydrogens is 360 g/mol. The summed E-state index contributed by atoms with van der Waals surface area (Å²) in [5, 5.41) is 0. The van der Waals surface area contributed by atoms with Crippen LogP contribution >= 0.6 is 0 Å². The Hall–Kier alpha value is -0.570. The molecule has 5 saturated carbocycles. The number of esters is 1. The fraction of sp³-hybridized carbons (Fsp3) is 0.962. The first kappa shape index (κ1) is 20.3. The molecule has 164 valence electrons. The zero-order valence-corrected chi connectivity index (χ0v) is 19.3. The van der Waals surface area contributed by atoms with E-state index in [4.69, 9.17) is 9.47 Å². The van der Waals surface area contributed by atoms with Crippen molar-refractivity contribution in [3.63, 3.8) is 0 Å². The first-order valence-electron chi connectivity index (χ1n) is 12.6. The lowest BCUT2D eigenvalue weighted by molar-refractivity contribution is -0.185.